The van der Waals surface area contributed by atoms with Crippen molar-refractivity contribution in [2.75, 3.05) is 6.61 Å². The monoisotopic (exact) mass is 347 g/mol. The molecule has 6 nitrogen and oxygen atoms in total. The van der Waals surface area contributed by atoms with Gasteiger partial charge in [0.15, 0.2) is 28.7 Å². The zero-order valence-electron chi connectivity index (χ0n) is 13.6. The highest BCUT2D eigenvalue weighted by Crippen LogP contribution is 2.24. The molecule has 0 aliphatic heterocycles. The summed E-state index contributed by atoms with van der Waals surface area (Å²) in [6.45, 7) is 3.29. The molecule has 0 bridgehead atoms. The molecule has 3 aromatic heterocycles. The van der Waals surface area contributed by atoms with Crippen LogP contribution in [0.5, 0.6) is 5.75 Å². The molecular weight excluding hydrogens is 332 g/mol. The fourth-order valence-corrected chi connectivity index (χ4v) is 2.44. The van der Waals surface area contributed by atoms with Crippen LogP contribution in [-0.4, -0.2) is 26.9 Å². The highest BCUT2D eigenvalue weighted by Gasteiger charge is 2.20. The van der Waals surface area contributed by atoms with Gasteiger partial charge in [-0.3, -0.25) is 9.38 Å². The first-order valence-corrected chi connectivity index (χ1v) is 7.58. The summed E-state index contributed by atoms with van der Waals surface area (Å²) in [7, 11) is 0. The Labute approximate surface area is 142 Å². The molecule has 0 spiro atoms. The Bertz CT molecular complexity index is 920. The molecule has 8 heteroatoms. The number of rotatable bonds is 5. The van der Waals surface area contributed by atoms with E-state index in [-0.39, 0.29) is 30.2 Å². The molecule has 0 N–H and O–H groups in total. The minimum absolute atomic E-state index is 0.231. The van der Waals surface area contributed by atoms with Gasteiger partial charge in [-0.25, -0.2) is 18.6 Å². The van der Waals surface area contributed by atoms with Crippen LogP contribution in [0.4, 0.5) is 8.78 Å². The predicted octanol–water partition coefficient (Wildman–Crippen LogP) is 3.07. The molecule has 0 saturated heterocycles. The fraction of sp³-hybridized carbons (Fsp3) is 0.235. The van der Waals surface area contributed by atoms with Gasteiger partial charge < -0.3 is 9.47 Å². The average Bonchev–Trinajstić information content (AvgIpc) is 2.91. The maximum Gasteiger partial charge on any atom is 0.357 e. The van der Waals surface area contributed by atoms with E-state index in [1.54, 1.807) is 32.2 Å². The Balaban J connectivity index is 1.95. The van der Waals surface area contributed by atoms with Gasteiger partial charge in [-0.2, -0.15) is 0 Å². The first-order chi connectivity index (χ1) is 12.0. The molecule has 0 aliphatic rings. The molecule has 3 rings (SSSR count). The summed E-state index contributed by atoms with van der Waals surface area (Å²) in [5.74, 6) is -1.80. The average molecular weight is 347 g/mol. The van der Waals surface area contributed by atoms with Crippen LogP contribution < -0.4 is 4.74 Å². The number of esters is 1. The molecule has 0 fully saturated rings. The van der Waals surface area contributed by atoms with E-state index in [1.165, 1.54) is 4.40 Å². The molecule has 3 aromatic rings. The van der Waals surface area contributed by atoms with Crippen LogP contribution in [0.1, 0.15) is 28.7 Å². The van der Waals surface area contributed by atoms with E-state index in [0.29, 0.717) is 11.3 Å². The molecule has 0 aromatic carbocycles. The number of ether oxygens (including phenoxy) is 2. The normalized spacial score (nSPS) is 10.9. The Hall–Kier alpha value is -3.03. The van der Waals surface area contributed by atoms with Crippen molar-refractivity contribution < 1.29 is 23.0 Å². The molecule has 25 heavy (non-hydrogen) atoms. The number of halogens is 2. The highest BCUT2D eigenvalue weighted by atomic mass is 19.1. The molecule has 0 amide bonds. The summed E-state index contributed by atoms with van der Waals surface area (Å²) in [5.41, 5.74) is 0.878. The Morgan fingerprint density at radius 3 is 2.68 bits per heavy atom. The van der Waals surface area contributed by atoms with Crippen molar-refractivity contribution in [2.24, 2.45) is 0 Å². The van der Waals surface area contributed by atoms with Gasteiger partial charge in [-0.1, -0.05) is 0 Å². The third-order valence-corrected chi connectivity index (χ3v) is 3.58. The van der Waals surface area contributed by atoms with Gasteiger partial charge in [0.25, 0.3) is 0 Å². The summed E-state index contributed by atoms with van der Waals surface area (Å²) in [5, 5.41) is 0. The lowest BCUT2D eigenvalue weighted by molar-refractivity contribution is 0.0517. The second-order valence-electron chi connectivity index (χ2n) is 5.20. The molecule has 0 radical (unpaired) electrons. The first-order valence-electron chi connectivity index (χ1n) is 7.58. The SMILES string of the molecule is CCOC(=O)c1c(C)nc2c(OCc3c(F)cncc3F)cccn12. The van der Waals surface area contributed by atoms with Gasteiger partial charge in [-0.05, 0) is 26.0 Å². The number of nitrogens with zero attached hydrogens (tertiary/aromatic N) is 3. The van der Waals surface area contributed by atoms with Crippen molar-refractivity contribution in [3.05, 3.63) is 59.3 Å². The van der Waals surface area contributed by atoms with Gasteiger partial charge in [0.1, 0.15) is 6.61 Å². The number of aromatic nitrogens is 3. The number of fused-ring (bicyclic) bond motifs is 1. The maximum atomic E-state index is 13.7. The molecule has 0 saturated carbocycles. The zero-order valence-corrected chi connectivity index (χ0v) is 13.6. The topological polar surface area (TPSA) is 65.7 Å². The molecular formula is C17H15F2N3O3. The van der Waals surface area contributed by atoms with Gasteiger partial charge in [0, 0.05) is 6.20 Å². The van der Waals surface area contributed by atoms with E-state index in [1.807, 2.05) is 0 Å². The molecule has 0 unspecified atom stereocenters. The van der Waals surface area contributed by atoms with Crippen molar-refractivity contribution in [3.63, 3.8) is 0 Å². The lowest BCUT2D eigenvalue weighted by Crippen LogP contribution is -2.09. The molecule has 0 aliphatic carbocycles. The Morgan fingerprint density at radius 1 is 1.28 bits per heavy atom. The van der Waals surface area contributed by atoms with Gasteiger partial charge in [0.2, 0.25) is 0 Å². The van der Waals surface area contributed by atoms with Crippen LogP contribution in [0.2, 0.25) is 0 Å². The Morgan fingerprint density at radius 2 is 2.00 bits per heavy atom. The second kappa shape index (κ2) is 6.84. The second-order valence-corrected chi connectivity index (χ2v) is 5.20. The first kappa shape index (κ1) is 16.8. The minimum atomic E-state index is -0.793. The van der Waals surface area contributed by atoms with E-state index >= 15 is 0 Å². The Kier molecular flexibility index (Phi) is 4.60. The summed E-state index contributed by atoms with van der Waals surface area (Å²) >= 11 is 0. The van der Waals surface area contributed by atoms with Crippen molar-refractivity contribution >= 4 is 11.6 Å². The van der Waals surface area contributed by atoms with Gasteiger partial charge in [0.05, 0.1) is 30.3 Å². The minimum Gasteiger partial charge on any atom is -0.485 e. The lowest BCUT2D eigenvalue weighted by Gasteiger charge is -2.09. The van der Waals surface area contributed by atoms with Crippen LogP contribution in [0, 0.1) is 18.6 Å². The summed E-state index contributed by atoms with van der Waals surface area (Å²) in [6.07, 6.45) is 3.48. The predicted molar refractivity (Wildman–Crippen MR) is 84.4 cm³/mol. The largest absolute Gasteiger partial charge is 0.485 e. The van der Waals surface area contributed by atoms with Crippen molar-refractivity contribution in [1.29, 1.82) is 0 Å². The summed E-state index contributed by atoms with van der Waals surface area (Å²) < 4.78 is 39.4. The number of hydrogen-bond donors (Lipinski definition) is 0. The van der Waals surface area contributed by atoms with Crippen LogP contribution in [0.25, 0.3) is 5.65 Å². The third-order valence-electron chi connectivity index (χ3n) is 3.58. The van der Waals surface area contributed by atoms with Crippen LogP contribution in [0.3, 0.4) is 0 Å². The van der Waals surface area contributed by atoms with Gasteiger partial charge >= 0.3 is 5.97 Å². The third kappa shape index (κ3) is 3.15. The van der Waals surface area contributed by atoms with E-state index < -0.39 is 17.6 Å². The van der Waals surface area contributed by atoms with Crippen molar-refractivity contribution in [2.45, 2.75) is 20.5 Å². The van der Waals surface area contributed by atoms with E-state index in [4.69, 9.17) is 9.47 Å². The number of aryl methyl sites for hydroxylation is 1. The molecule has 3 heterocycles. The maximum absolute atomic E-state index is 13.7. The molecule has 0 atom stereocenters. The standard InChI is InChI=1S/C17H15F2N3O3/c1-3-24-17(23)15-10(2)21-16-14(5-4-6-22(15)16)25-9-11-12(18)7-20-8-13(11)19/h4-8H,3,9H2,1-2H3. The number of carbonyl (C=O) groups is 1. The van der Waals surface area contributed by atoms with Crippen LogP contribution in [0.15, 0.2) is 30.7 Å². The number of imidazole rings is 1. The summed E-state index contributed by atoms with van der Waals surface area (Å²) in [6, 6.07) is 3.25. The van der Waals surface area contributed by atoms with E-state index in [2.05, 4.69) is 9.97 Å². The van der Waals surface area contributed by atoms with Crippen LogP contribution in [-0.2, 0) is 11.3 Å². The molecule has 130 valence electrons. The lowest BCUT2D eigenvalue weighted by atomic mass is 10.2. The van der Waals surface area contributed by atoms with Crippen LogP contribution >= 0.6 is 0 Å². The van der Waals surface area contributed by atoms with Gasteiger partial charge in [-0.15, -0.1) is 0 Å². The van der Waals surface area contributed by atoms with E-state index in [9.17, 15) is 13.6 Å². The van der Waals surface area contributed by atoms with Crippen molar-refractivity contribution in [1.82, 2.24) is 14.4 Å². The number of carbonyl (C=O) groups excluding carboxylic acids is 1. The zero-order chi connectivity index (χ0) is 18.0. The van der Waals surface area contributed by atoms with Crippen molar-refractivity contribution in [3.8, 4) is 5.75 Å². The van der Waals surface area contributed by atoms with E-state index in [0.717, 1.165) is 12.4 Å². The fourth-order valence-electron chi connectivity index (χ4n) is 2.44. The quantitative estimate of drug-likeness (QED) is 0.664. The number of pyridine rings is 2. The smallest absolute Gasteiger partial charge is 0.357 e. The summed E-state index contributed by atoms with van der Waals surface area (Å²) in [4.78, 5) is 19.8. The number of hydrogen-bond acceptors (Lipinski definition) is 5. The highest BCUT2D eigenvalue weighted by molar-refractivity contribution is 5.90.